The van der Waals surface area contributed by atoms with Gasteiger partial charge in [0, 0.05) is 12.7 Å². The summed E-state index contributed by atoms with van der Waals surface area (Å²) in [6.07, 6.45) is 0.312. The van der Waals surface area contributed by atoms with Gasteiger partial charge >= 0.3 is 6.03 Å². The predicted octanol–water partition coefficient (Wildman–Crippen LogP) is 2.73. The number of urea groups is 1. The number of carbonyl (C=O) groups is 2. The Kier molecular flexibility index (Phi) is 5.17. The number of nitrogens with one attached hydrogen (secondary N) is 4. The number of fused-ring (bicyclic) bond motifs is 1. The van der Waals surface area contributed by atoms with Gasteiger partial charge in [-0.25, -0.2) is 9.78 Å². The molecule has 0 radical (unpaired) electrons. The molecule has 134 valence electrons. The van der Waals surface area contributed by atoms with Gasteiger partial charge in [-0.2, -0.15) is 0 Å². The van der Waals surface area contributed by atoms with Gasteiger partial charge in [0.1, 0.15) is 5.82 Å². The van der Waals surface area contributed by atoms with E-state index in [2.05, 4.69) is 25.9 Å². The third kappa shape index (κ3) is 4.18. The molecular formula is C19H21N5O2. The molecule has 3 aromatic rings. The molecule has 0 bridgehead atoms. The maximum Gasteiger partial charge on any atom is 0.319 e. The van der Waals surface area contributed by atoms with Crippen molar-refractivity contribution < 1.29 is 9.59 Å². The van der Waals surface area contributed by atoms with Gasteiger partial charge in [0.2, 0.25) is 5.91 Å². The Hall–Kier alpha value is -3.35. The fraction of sp³-hybridized carbons (Fsp3) is 0.211. The average molecular weight is 351 g/mol. The van der Waals surface area contributed by atoms with Crippen LogP contribution >= 0.6 is 0 Å². The Labute approximate surface area is 151 Å². The van der Waals surface area contributed by atoms with E-state index in [1.165, 1.54) is 0 Å². The molecule has 0 spiro atoms. The van der Waals surface area contributed by atoms with Crippen molar-refractivity contribution in [2.24, 2.45) is 0 Å². The highest BCUT2D eigenvalue weighted by Gasteiger charge is 2.13. The fourth-order valence-corrected chi connectivity index (χ4v) is 2.59. The van der Waals surface area contributed by atoms with Gasteiger partial charge in [0.05, 0.1) is 23.5 Å². The zero-order chi connectivity index (χ0) is 18.5. The summed E-state index contributed by atoms with van der Waals surface area (Å²) in [5, 5.41) is 8.21. The standard InChI is InChI=1S/C19H21N5O2/c1-12(18-23-15-5-3-4-6-16(15)24-18)21-19(26)22-14-9-7-13(8-10-14)11-17(25)20-2/h3-10,12H,11H2,1-2H3,(H,20,25)(H,23,24)(H2,21,22,26). The van der Waals surface area contributed by atoms with Crippen molar-refractivity contribution in [1.82, 2.24) is 20.6 Å². The maximum absolute atomic E-state index is 12.2. The highest BCUT2D eigenvalue weighted by atomic mass is 16.2. The van der Waals surface area contributed by atoms with Gasteiger partial charge < -0.3 is 20.9 Å². The number of anilines is 1. The first-order valence-electron chi connectivity index (χ1n) is 8.37. The molecule has 4 N–H and O–H groups in total. The highest BCUT2D eigenvalue weighted by molar-refractivity contribution is 5.89. The minimum Gasteiger partial charge on any atom is -0.359 e. The van der Waals surface area contributed by atoms with Crippen LogP contribution in [0.2, 0.25) is 0 Å². The summed E-state index contributed by atoms with van der Waals surface area (Å²) in [6.45, 7) is 1.86. The van der Waals surface area contributed by atoms with Gasteiger partial charge in [-0.3, -0.25) is 4.79 Å². The van der Waals surface area contributed by atoms with Gasteiger partial charge in [0.25, 0.3) is 0 Å². The average Bonchev–Trinajstić information content (AvgIpc) is 3.07. The first-order valence-corrected chi connectivity index (χ1v) is 8.37. The summed E-state index contributed by atoms with van der Waals surface area (Å²) in [5.41, 5.74) is 3.33. The minimum absolute atomic E-state index is 0.0527. The quantitative estimate of drug-likeness (QED) is 0.569. The van der Waals surface area contributed by atoms with Crippen molar-refractivity contribution in [3.63, 3.8) is 0 Å². The summed E-state index contributed by atoms with van der Waals surface area (Å²) < 4.78 is 0. The Morgan fingerprint density at radius 2 is 1.85 bits per heavy atom. The van der Waals surface area contributed by atoms with Crippen LogP contribution in [0.15, 0.2) is 48.5 Å². The van der Waals surface area contributed by atoms with E-state index in [-0.39, 0.29) is 18.0 Å². The van der Waals surface area contributed by atoms with Crippen LogP contribution in [0.25, 0.3) is 11.0 Å². The SMILES string of the molecule is CNC(=O)Cc1ccc(NC(=O)NC(C)c2nc3ccccc3[nH]2)cc1. The molecule has 2 aromatic carbocycles. The zero-order valence-corrected chi connectivity index (χ0v) is 14.7. The van der Waals surface area contributed by atoms with Crippen molar-refractivity contribution in [3.8, 4) is 0 Å². The summed E-state index contributed by atoms with van der Waals surface area (Å²) in [6, 6.07) is 14.3. The molecule has 0 aliphatic rings. The van der Waals surface area contributed by atoms with E-state index in [0.29, 0.717) is 17.9 Å². The monoisotopic (exact) mass is 351 g/mol. The lowest BCUT2D eigenvalue weighted by Gasteiger charge is -2.13. The van der Waals surface area contributed by atoms with Crippen LogP contribution in [0, 0.1) is 0 Å². The van der Waals surface area contributed by atoms with Crippen molar-refractivity contribution >= 4 is 28.7 Å². The molecule has 3 rings (SSSR count). The number of carbonyl (C=O) groups excluding carboxylic acids is 2. The second-order valence-electron chi connectivity index (χ2n) is 6.01. The normalized spacial score (nSPS) is 11.8. The van der Waals surface area contributed by atoms with Crippen molar-refractivity contribution in [1.29, 1.82) is 0 Å². The summed E-state index contributed by atoms with van der Waals surface area (Å²) in [5.74, 6) is 0.644. The topological polar surface area (TPSA) is 98.9 Å². The van der Waals surface area contributed by atoms with Crippen molar-refractivity contribution in [3.05, 3.63) is 59.9 Å². The fourth-order valence-electron chi connectivity index (χ4n) is 2.59. The molecule has 0 fully saturated rings. The number of aromatic nitrogens is 2. The van der Waals surface area contributed by atoms with E-state index in [4.69, 9.17) is 0 Å². The molecule has 0 aliphatic heterocycles. The second-order valence-corrected chi connectivity index (χ2v) is 6.01. The first kappa shape index (κ1) is 17.5. The largest absolute Gasteiger partial charge is 0.359 e. The van der Waals surface area contributed by atoms with Crippen LogP contribution in [-0.4, -0.2) is 29.0 Å². The van der Waals surface area contributed by atoms with Crippen LogP contribution in [0.1, 0.15) is 24.4 Å². The van der Waals surface area contributed by atoms with E-state index in [0.717, 1.165) is 16.6 Å². The number of nitrogens with zero attached hydrogens (tertiary/aromatic N) is 1. The molecule has 0 saturated carbocycles. The molecule has 1 unspecified atom stereocenters. The summed E-state index contributed by atoms with van der Waals surface area (Å²) in [7, 11) is 1.60. The summed E-state index contributed by atoms with van der Waals surface area (Å²) in [4.78, 5) is 31.2. The van der Waals surface area contributed by atoms with E-state index >= 15 is 0 Å². The number of hydrogen-bond acceptors (Lipinski definition) is 3. The number of aromatic amines is 1. The molecule has 7 nitrogen and oxygen atoms in total. The van der Waals surface area contributed by atoms with Crippen LogP contribution in [0.3, 0.4) is 0 Å². The van der Waals surface area contributed by atoms with Crippen LogP contribution in [0.4, 0.5) is 10.5 Å². The predicted molar refractivity (Wildman–Crippen MR) is 101 cm³/mol. The lowest BCUT2D eigenvalue weighted by atomic mass is 10.1. The van der Waals surface area contributed by atoms with E-state index in [1.807, 2.05) is 43.3 Å². The van der Waals surface area contributed by atoms with Crippen LogP contribution in [-0.2, 0) is 11.2 Å². The number of amides is 3. The number of benzene rings is 2. The third-order valence-corrected chi connectivity index (χ3v) is 4.02. The van der Waals surface area contributed by atoms with Gasteiger partial charge in [-0.05, 0) is 36.8 Å². The summed E-state index contributed by atoms with van der Waals surface area (Å²) >= 11 is 0. The number of likely N-dealkylation sites (N-methyl/N-ethyl adjacent to an activating group) is 1. The smallest absolute Gasteiger partial charge is 0.319 e. The van der Waals surface area contributed by atoms with Crippen LogP contribution in [0.5, 0.6) is 0 Å². The Balaban J connectivity index is 1.58. The Bertz CT molecular complexity index is 884. The third-order valence-electron chi connectivity index (χ3n) is 4.02. The van der Waals surface area contributed by atoms with Crippen LogP contribution < -0.4 is 16.0 Å². The molecule has 26 heavy (non-hydrogen) atoms. The molecule has 7 heteroatoms. The molecule has 1 atom stereocenters. The van der Waals surface area contributed by atoms with Gasteiger partial charge in [-0.1, -0.05) is 24.3 Å². The minimum atomic E-state index is -0.322. The maximum atomic E-state index is 12.2. The molecule has 0 aliphatic carbocycles. The van der Waals surface area contributed by atoms with Gasteiger partial charge in [-0.15, -0.1) is 0 Å². The zero-order valence-electron chi connectivity index (χ0n) is 14.7. The molecule has 3 amide bonds. The van der Waals surface area contributed by atoms with E-state index in [9.17, 15) is 9.59 Å². The highest BCUT2D eigenvalue weighted by Crippen LogP contribution is 2.16. The van der Waals surface area contributed by atoms with E-state index in [1.54, 1.807) is 19.2 Å². The number of para-hydroxylation sites is 2. The van der Waals surface area contributed by atoms with Gasteiger partial charge in [0.15, 0.2) is 0 Å². The second kappa shape index (κ2) is 7.69. The van der Waals surface area contributed by atoms with Crippen molar-refractivity contribution in [2.45, 2.75) is 19.4 Å². The number of H-pyrrole nitrogens is 1. The van der Waals surface area contributed by atoms with E-state index < -0.39 is 0 Å². The molecule has 0 saturated heterocycles. The number of rotatable bonds is 5. The van der Waals surface area contributed by atoms with Crippen molar-refractivity contribution in [2.75, 3.05) is 12.4 Å². The molecule has 1 heterocycles. The Morgan fingerprint density at radius 1 is 1.12 bits per heavy atom. The molecule has 1 aromatic heterocycles. The number of hydrogen-bond donors (Lipinski definition) is 4. The number of imidazole rings is 1. The lowest BCUT2D eigenvalue weighted by Crippen LogP contribution is -2.31. The molecular weight excluding hydrogens is 330 g/mol. The Morgan fingerprint density at radius 3 is 2.54 bits per heavy atom. The first-order chi connectivity index (χ1) is 12.5. The lowest BCUT2D eigenvalue weighted by molar-refractivity contribution is -0.119.